The maximum atomic E-state index is 11.8. The lowest BCUT2D eigenvalue weighted by Crippen LogP contribution is -2.25. The molecule has 0 aromatic heterocycles. The summed E-state index contributed by atoms with van der Waals surface area (Å²) in [4.78, 5) is 11.8. The van der Waals surface area contributed by atoms with Gasteiger partial charge in [0.05, 0.1) is 0 Å². The van der Waals surface area contributed by atoms with E-state index in [1.165, 1.54) is 5.56 Å². The monoisotopic (exact) mass is 260 g/mol. The summed E-state index contributed by atoms with van der Waals surface area (Å²) in [6.45, 7) is 12.4. The van der Waals surface area contributed by atoms with E-state index < -0.39 is 0 Å². The molecule has 0 unspecified atom stereocenters. The van der Waals surface area contributed by atoms with Gasteiger partial charge in [0.1, 0.15) is 0 Å². The van der Waals surface area contributed by atoms with E-state index in [-0.39, 0.29) is 11.4 Å². The quantitative estimate of drug-likeness (QED) is 0.814. The number of rotatable bonds is 2. The lowest BCUT2D eigenvalue weighted by molar-refractivity contribution is 0.255. The second-order valence-corrected chi connectivity index (χ2v) is 5.99. The van der Waals surface area contributed by atoms with Crippen LogP contribution >= 0.6 is 0 Å². The SMILES string of the molecule is C/C(=C\NC(=O)Nc1ccc(C)cc1C)C(C)(C)C. The van der Waals surface area contributed by atoms with Crippen molar-refractivity contribution in [3.05, 3.63) is 41.1 Å². The summed E-state index contributed by atoms with van der Waals surface area (Å²) >= 11 is 0. The molecule has 0 atom stereocenters. The van der Waals surface area contributed by atoms with Gasteiger partial charge >= 0.3 is 6.03 Å². The second-order valence-electron chi connectivity index (χ2n) is 5.99. The first-order valence-electron chi connectivity index (χ1n) is 6.52. The smallest absolute Gasteiger partial charge is 0.314 e. The normalized spacial score (nSPS) is 12.2. The van der Waals surface area contributed by atoms with Gasteiger partial charge in [-0.1, -0.05) is 44.0 Å². The Morgan fingerprint density at radius 1 is 1.21 bits per heavy atom. The molecule has 104 valence electrons. The van der Waals surface area contributed by atoms with Crippen LogP contribution < -0.4 is 10.6 Å². The standard InChI is InChI=1S/C16H24N2O/c1-11-7-8-14(12(2)9-11)18-15(19)17-10-13(3)16(4,5)6/h7-10H,1-6H3,(H2,17,18,19)/b13-10+. The summed E-state index contributed by atoms with van der Waals surface area (Å²) in [7, 11) is 0. The molecule has 2 N–H and O–H groups in total. The molecular formula is C16H24N2O. The second kappa shape index (κ2) is 5.91. The molecule has 0 radical (unpaired) electrons. The van der Waals surface area contributed by atoms with Crippen LogP contribution in [0.5, 0.6) is 0 Å². The van der Waals surface area contributed by atoms with Crippen LogP contribution in [0.15, 0.2) is 30.0 Å². The molecule has 0 fully saturated rings. The third-order valence-corrected chi connectivity index (χ3v) is 3.23. The zero-order valence-electron chi connectivity index (χ0n) is 12.7. The highest BCUT2D eigenvalue weighted by molar-refractivity contribution is 5.90. The molecule has 0 bridgehead atoms. The Morgan fingerprint density at radius 2 is 1.84 bits per heavy atom. The molecule has 0 saturated carbocycles. The Bertz CT molecular complexity index is 496. The van der Waals surface area contributed by atoms with Crippen LogP contribution in [0.25, 0.3) is 0 Å². The van der Waals surface area contributed by atoms with E-state index in [1.54, 1.807) is 6.20 Å². The van der Waals surface area contributed by atoms with Gasteiger partial charge < -0.3 is 10.6 Å². The number of anilines is 1. The zero-order chi connectivity index (χ0) is 14.6. The van der Waals surface area contributed by atoms with Gasteiger partial charge in [0, 0.05) is 11.9 Å². The number of amides is 2. The molecule has 0 heterocycles. The number of allylic oxidation sites excluding steroid dienone is 1. The van der Waals surface area contributed by atoms with Crippen molar-refractivity contribution in [3.8, 4) is 0 Å². The maximum absolute atomic E-state index is 11.8. The molecule has 0 spiro atoms. The van der Waals surface area contributed by atoms with Crippen molar-refractivity contribution in [2.75, 3.05) is 5.32 Å². The Balaban J connectivity index is 2.66. The van der Waals surface area contributed by atoms with Gasteiger partial charge in [-0.2, -0.15) is 0 Å². The van der Waals surface area contributed by atoms with Crippen LogP contribution in [0.1, 0.15) is 38.8 Å². The number of carbonyl (C=O) groups is 1. The molecule has 19 heavy (non-hydrogen) atoms. The highest BCUT2D eigenvalue weighted by atomic mass is 16.2. The predicted molar refractivity (Wildman–Crippen MR) is 81.3 cm³/mol. The molecule has 0 aliphatic carbocycles. The van der Waals surface area contributed by atoms with Crippen LogP contribution in [-0.2, 0) is 0 Å². The largest absolute Gasteiger partial charge is 0.323 e. The lowest BCUT2D eigenvalue weighted by Gasteiger charge is -2.19. The Labute approximate surface area is 116 Å². The van der Waals surface area contributed by atoms with E-state index >= 15 is 0 Å². The Kier molecular flexibility index (Phi) is 4.76. The third-order valence-electron chi connectivity index (χ3n) is 3.23. The number of urea groups is 1. The van der Waals surface area contributed by atoms with Crippen molar-refractivity contribution < 1.29 is 4.79 Å². The molecule has 1 rings (SSSR count). The number of hydrogen-bond acceptors (Lipinski definition) is 1. The van der Waals surface area contributed by atoms with Gasteiger partial charge in [-0.15, -0.1) is 0 Å². The minimum absolute atomic E-state index is 0.0626. The topological polar surface area (TPSA) is 41.1 Å². The van der Waals surface area contributed by atoms with Crippen LogP contribution in [0.3, 0.4) is 0 Å². The average molecular weight is 260 g/mol. The van der Waals surface area contributed by atoms with Crippen LogP contribution in [-0.4, -0.2) is 6.03 Å². The van der Waals surface area contributed by atoms with E-state index in [0.717, 1.165) is 16.8 Å². The summed E-state index contributed by atoms with van der Waals surface area (Å²) in [6, 6.07) is 5.74. The van der Waals surface area contributed by atoms with Crippen molar-refractivity contribution in [2.24, 2.45) is 5.41 Å². The number of carbonyl (C=O) groups excluding carboxylic acids is 1. The van der Waals surface area contributed by atoms with E-state index in [4.69, 9.17) is 0 Å². The first kappa shape index (κ1) is 15.3. The number of hydrogen-bond donors (Lipinski definition) is 2. The molecule has 0 saturated heterocycles. The van der Waals surface area contributed by atoms with Crippen molar-refractivity contribution in [2.45, 2.75) is 41.5 Å². The lowest BCUT2D eigenvalue weighted by atomic mass is 9.88. The molecule has 1 aromatic carbocycles. The summed E-state index contributed by atoms with van der Waals surface area (Å²) in [5, 5.41) is 5.62. The molecule has 0 aliphatic heterocycles. The fourth-order valence-corrected chi connectivity index (χ4v) is 1.50. The summed E-state index contributed by atoms with van der Waals surface area (Å²) in [5.41, 5.74) is 4.28. The number of benzene rings is 1. The van der Waals surface area contributed by atoms with Crippen molar-refractivity contribution >= 4 is 11.7 Å². The van der Waals surface area contributed by atoms with Gasteiger partial charge in [0.15, 0.2) is 0 Å². The fraction of sp³-hybridized carbons (Fsp3) is 0.438. The molecule has 3 nitrogen and oxygen atoms in total. The van der Waals surface area contributed by atoms with Gasteiger partial charge in [-0.3, -0.25) is 0 Å². The van der Waals surface area contributed by atoms with E-state index in [2.05, 4.69) is 31.4 Å². The third kappa shape index (κ3) is 4.78. The van der Waals surface area contributed by atoms with Crippen molar-refractivity contribution in [3.63, 3.8) is 0 Å². The van der Waals surface area contributed by atoms with Crippen molar-refractivity contribution in [1.29, 1.82) is 0 Å². The van der Waals surface area contributed by atoms with E-state index in [9.17, 15) is 4.79 Å². The summed E-state index contributed by atoms with van der Waals surface area (Å²) in [5.74, 6) is 0. The predicted octanol–water partition coefficient (Wildman–Crippen LogP) is 4.37. The molecular weight excluding hydrogens is 236 g/mol. The van der Waals surface area contributed by atoms with Gasteiger partial charge in [0.2, 0.25) is 0 Å². The zero-order valence-corrected chi connectivity index (χ0v) is 12.7. The van der Waals surface area contributed by atoms with Crippen LogP contribution in [0.4, 0.5) is 10.5 Å². The Morgan fingerprint density at radius 3 is 2.37 bits per heavy atom. The van der Waals surface area contributed by atoms with Crippen LogP contribution in [0, 0.1) is 19.3 Å². The van der Waals surface area contributed by atoms with E-state index in [1.807, 2.05) is 39.0 Å². The highest BCUT2D eigenvalue weighted by Crippen LogP contribution is 2.23. The minimum Gasteiger partial charge on any atom is -0.314 e. The number of nitrogens with one attached hydrogen (secondary N) is 2. The van der Waals surface area contributed by atoms with Gasteiger partial charge in [0.25, 0.3) is 0 Å². The molecule has 0 aliphatic rings. The average Bonchev–Trinajstić information content (AvgIpc) is 2.28. The maximum Gasteiger partial charge on any atom is 0.323 e. The molecule has 2 amide bonds. The highest BCUT2D eigenvalue weighted by Gasteiger charge is 2.12. The summed E-state index contributed by atoms with van der Waals surface area (Å²) in [6.07, 6.45) is 1.76. The van der Waals surface area contributed by atoms with Crippen LogP contribution in [0.2, 0.25) is 0 Å². The van der Waals surface area contributed by atoms with Gasteiger partial charge in [-0.25, -0.2) is 4.79 Å². The molecule has 3 heteroatoms. The van der Waals surface area contributed by atoms with E-state index in [0.29, 0.717) is 0 Å². The fourth-order valence-electron chi connectivity index (χ4n) is 1.50. The molecule has 1 aromatic rings. The first-order chi connectivity index (χ1) is 8.70. The number of aryl methyl sites for hydroxylation is 2. The Hall–Kier alpha value is -1.77. The minimum atomic E-state index is -0.212. The van der Waals surface area contributed by atoms with Crippen molar-refractivity contribution in [1.82, 2.24) is 5.32 Å². The first-order valence-corrected chi connectivity index (χ1v) is 6.52. The summed E-state index contributed by atoms with van der Waals surface area (Å²) < 4.78 is 0. The van der Waals surface area contributed by atoms with Gasteiger partial charge in [-0.05, 0) is 37.8 Å².